The van der Waals surface area contributed by atoms with Crippen LogP contribution >= 0.6 is 7.60 Å². The summed E-state index contributed by atoms with van der Waals surface area (Å²) in [6, 6.07) is 1.08. The van der Waals surface area contributed by atoms with Crippen LogP contribution in [-0.2, 0) is 32.6 Å². The standard InChI is InChI=1S/C14H17F6O3P/c1-3-4-5-22-24(2,21)23-9-10-6-11(13(15,16)17)8-12(7-10)14(18,19)20/h6-8H,3-5,9H2,1-2H3. The van der Waals surface area contributed by atoms with Gasteiger partial charge in [0.2, 0.25) is 0 Å². The lowest BCUT2D eigenvalue weighted by molar-refractivity contribution is -0.143. The van der Waals surface area contributed by atoms with Crippen LogP contribution in [-0.4, -0.2) is 13.3 Å². The van der Waals surface area contributed by atoms with E-state index in [2.05, 4.69) is 0 Å². The van der Waals surface area contributed by atoms with Crippen molar-refractivity contribution in [3.63, 3.8) is 0 Å². The van der Waals surface area contributed by atoms with E-state index in [-0.39, 0.29) is 12.7 Å². The Hall–Kier alpha value is -1.05. The lowest BCUT2D eigenvalue weighted by Gasteiger charge is -2.17. The molecule has 0 saturated carbocycles. The Balaban J connectivity index is 2.97. The van der Waals surface area contributed by atoms with Crippen molar-refractivity contribution in [1.82, 2.24) is 0 Å². The molecule has 3 nitrogen and oxygen atoms in total. The van der Waals surface area contributed by atoms with Gasteiger partial charge in [-0.3, -0.25) is 4.57 Å². The van der Waals surface area contributed by atoms with Crippen LogP contribution in [0.5, 0.6) is 0 Å². The molecule has 0 aliphatic heterocycles. The third kappa shape index (κ3) is 6.83. The lowest BCUT2D eigenvalue weighted by atomic mass is 10.1. The molecular weight excluding hydrogens is 361 g/mol. The topological polar surface area (TPSA) is 35.5 Å². The first-order valence-corrected chi connectivity index (χ1v) is 8.99. The van der Waals surface area contributed by atoms with E-state index < -0.39 is 43.2 Å². The van der Waals surface area contributed by atoms with Crippen LogP contribution in [0.25, 0.3) is 0 Å². The Morgan fingerprint density at radius 2 is 1.46 bits per heavy atom. The van der Waals surface area contributed by atoms with Gasteiger partial charge >= 0.3 is 19.9 Å². The van der Waals surface area contributed by atoms with Gasteiger partial charge in [-0.15, -0.1) is 0 Å². The highest BCUT2D eigenvalue weighted by atomic mass is 31.2. The van der Waals surface area contributed by atoms with E-state index in [1.807, 2.05) is 6.92 Å². The van der Waals surface area contributed by atoms with Gasteiger partial charge in [0.25, 0.3) is 0 Å². The minimum atomic E-state index is -4.94. The molecule has 1 unspecified atom stereocenters. The average molecular weight is 378 g/mol. The molecule has 138 valence electrons. The van der Waals surface area contributed by atoms with Crippen molar-refractivity contribution in [3.05, 3.63) is 34.9 Å². The van der Waals surface area contributed by atoms with E-state index >= 15 is 0 Å². The fourth-order valence-corrected chi connectivity index (χ4v) is 2.63. The molecule has 0 aliphatic rings. The molecule has 0 N–H and O–H groups in total. The Morgan fingerprint density at radius 3 is 1.88 bits per heavy atom. The molecular formula is C14H17F6O3P. The predicted octanol–water partition coefficient (Wildman–Crippen LogP) is 5.88. The van der Waals surface area contributed by atoms with Gasteiger partial charge in [-0.2, -0.15) is 26.3 Å². The third-order valence-electron chi connectivity index (χ3n) is 2.94. The van der Waals surface area contributed by atoms with E-state index in [1.54, 1.807) is 0 Å². The Morgan fingerprint density at radius 1 is 0.958 bits per heavy atom. The Bertz CT molecular complexity index is 565. The molecule has 0 fully saturated rings. The number of alkyl halides is 6. The maximum absolute atomic E-state index is 12.7. The Kier molecular flexibility index (Phi) is 6.90. The minimum Gasteiger partial charge on any atom is -0.309 e. The van der Waals surface area contributed by atoms with Gasteiger partial charge in [-0.1, -0.05) is 13.3 Å². The summed E-state index contributed by atoms with van der Waals surface area (Å²) in [7, 11) is -3.56. The quantitative estimate of drug-likeness (QED) is 0.338. The SMILES string of the molecule is CCCCOP(C)(=O)OCc1cc(C(F)(F)F)cc(C(F)(F)F)c1. The summed E-state index contributed by atoms with van der Waals surface area (Å²) in [4.78, 5) is 0. The fraction of sp³-hybridized carbons (Fsp3) is 0.571. The lowest BCUT2D eigenvalue weighted by Crippen LogP contribution is -2.12. The number of halogens is 6. The van der Waals surface area contributed by atoms with Crippen LogP contribution in [0.15, 0.2) is 18.2 Å². The summed E-state index contributed by atoms with van der Waals surface area (Å²) in [5, 5.41) is 0. The van der Waals surface area contributed by atoms with Gasteiger partial charge in [-0.05, 0) is 30.2 Å². The summed E-state index contributed by atoms with van der Waals surface area (Å²) in [5.74, 6) is 0. The zero-order valence-corrected chi connectivity index (χ0v) is 13.9. The maximum Gasteiger partial charge on any atom is 0.416 e. The van der Waals surface area contributed by atoms with Gasteiger partial charge in [-0.25, -0.2) is 0 Å². The summed E-state index contributed by atoms with van der Waals surface area (Å²) in [6.07, 6.45) is -8.52. The maximum atomic E-state index is 12.7. The molecule has 0 aromatic heterocycles. The molecule has 24 heavy (non-hydrogen) atoms. The second kappa shape index (κ2) is 7.89. The zero-order chi connectivity index (χ0) is 18.6. The highest BCUT2D eigenvalue weighted by Gasteiger charge is 2.37. The molecule has 1 aromatic rings. The van der Waals surface area contributed by atoms with Crippen molar-refractivity contribution in [3.8, 4) is 0 Å². The van der Waals surface area contributed by atoms with Crippen molar-refractivity contribution < 1.29 is 40.0 Å². The molecule has 0 heterocycles. The molecule has 0 spiro atoms. The van der Waals surface area contributed by atoms with E-state index in [1.165, 1.54) is 0 Å². The largest absolute Gasteiger partial charge is 0.416 e. The predicted molar refractivity (Wildman–Crippen MR) is 75.6 cm³/mol. The van der Waals surface area contributed by atoms with Gasteiger partial charge < -0.3 is 9.05 Å². The number of hydrogen-bond acceptors (Lipinski definition) is 3. The van der Waals surface area contributed by atoms with Crippen LogP contribution in [0.2, 0.25) is 0 Å². The monoisotopic (exact) mass is 378 g/mol. The fourth-order valence-electron chi connectivity index (χ4n) is 1.71. The Labute approximate surface area is 135 Å². The molecule has 0 aliphatic carbocycles. The van der Waals surface area contributed by atoms with Crippen LogP contribution in [0.3, 0.4) is 0 Å². The molecule has 1 atom stereocenters. The first kappa shape index (κ1) is 21.0. The average Bonchev–Trinajstić information content (AvgIpc) is 2.43. The number of benzene rings is 1. The highest BCUT2D eigenvalue weighted by molar-refractivity contribution is 7.52. The van der Waals surface area contributed by atoms with E-state index in [4.69, 9.17) is 9.05 Å². The number of hydrogen-bond donors (Lipinski definition) is 0. The molecule has 0 radical (unpaired) electrons. The van der Waals surface area contributed by atoms with Crippen molar-refractivity contribution >= 4 is 7.60 Å². The molecule has 1 aromatic carbocycles. The van der Waals surface area contributed by atoms with Crippen LogP contribution in [0, 0.1) is 0 Å². The van der Waals surface area contributed by atoms with Crippen molar-refractivity contribution in [1.29, 1.82) is 0 Å². The van der Waals surface area contributed by atoms with Crippen molar-refractivity contribution in [2.75, 3.05) is 13.3 Å². The van der Waals surface area contributed by atoms with Crippen LogP contribution < -0.4 is 0 Å². The minimum absolute atomic E-state index is 0.0206. The van der Waals surface area contributed by atoms with Crippen LogP contribution in [0.4, 0.5) is 26.3 Å². The van der Waals surface area contributed by atoms with E-state index in [9.17, 15) is 30.9 Å². The molecule has 0 saturated heterocycles. The van der Waals surface area contributed by atoms with Gasteiger partial charge in [0, 0.05) is 6.66 Å². The van der Waals surface area contributed by atoms with Crippen LogP contribution in [0.1, 0.15) is 36.5 Å². The van der Waals surface area contributed by atoms with Gasteiger partial charge in [0.1, 0.15) is 0 Å². The normalized spacial score (nSPS) is 15.3. The highest BCUT2D eigenvalue weighted by Crippen LogP contribution is 2.45. The molecule has 0 bridgehead atoms. The molecule has 0 amide bonds. The number of unbranched alkanes of at least 4 members (excludes halogenated alkanes) is 1. The molecule has 1 rings (SSSR count). The van der Waals surface area contributed by atoms with Gasteiger partial charge in [0.05, 0.1) is 24.3 Å². The third-order valence-corrected chi connectivity index (χ3v) is 4.19. The number of rotatable bonds is 7. The smallest absolute Gasteiger partial charge is 0.309 e. The second-order valence-corrected chi connectivity index (χ2v) is 7.20. The van der Waals surface area contributed by atoms with Crippen molar-refractivity contribution in [2.24, 2.45) is 0 Å². The van der Waals surface area contributed by atoms with E-state index in [0.717, 1.165) is 13.1 Å². The van der Waals surface area contributed by atoms with Gasteiger partial charge in [0.15, 0.2) is 0 Å². The second-order valence-electron chi connectivity index (χ2n) is 5.15. The summed E-state index contributed by atoms with van der Waals surface area (Å²) in [5.41, 5.74) is -3.29. The summed E-state index contributed by atoms with van der Waals surface area (Å²) >= 11 is 0. The first-order valence-electron chi connectivity index (χ1n) is 7.00. The summed E-state index contributed by atoms with van der Waals surface area (Å²) < 4.78 is 98.2. The summed E-state index contributed by atoms with van der Waals surface area (Å²) in [6.45, 7) is 2.42. The van der Waals surface area contributed by atoms with Crippen molar-refractivity contribution in [2.45, 2.75) is 38.7 Å². The zero-order valence-electron chi connectivity index (χ0n) is 13.0. The first-order chi connectivity index (χ1) is 10.8. The van der Waals surface area contributed by atoms with E-state index in [0.29, 0.717) is 18.6 Å². The molecule has 10 heteroatoms.